The molecule has 1 heterocycles. The molecule has 1 N–H and O–H groups in total. The molecule has 2 aliphatic rings. The third kappa shape index (κ3) is 6.29. The van der Waals surface area contributed by atoms with Crippen LogP contribution < -0.4 is 9.04 Å². The largest absolute Gasteiger partial charge is 0.483 e. The molecule has 0 radical (unpaired) electrons. The van der Waals surface area contributed by atoms with Gasteiger partial charge in [-0.15, -0.1) is 0 Å². The minimum absolute atomic E-state index is 0.0612. The lowest BCUT2D eigenvalue weighted by Gasteiger charge is -2.36. The highest BCUT2D eigenvalue weighted by atomic mass is 32.2. The predicted octanol–water partition coefficient (Wildman–Crippen LogP) is 4.95. The quantitative estimate of drug-likeness (QED) is 0.334. The number of ether oxygens (including phenoxy) is 2. The molecule has 1 atom stereocenters. The lowest BCUT2D eigenvalue weighted by Crippen LogP contribution is -2.44. The molecule has 2 aromatic rings. The molecule has 0 amide bonds. The van der Waals surface area contributed by atoms with E-state index >= 15 is 4.39 Å². The average Bonchev–Trinajstić information content (AvgIpc) is 3.67. The number of hydrogen-bond donors (Lipinski definition) is 1. The Bertz CT molecular complexity index is 1390. The van der Waals surface area contributed by atoms with E-state index in [1.165, 1.54) is 12.1 Å². The van der Waals surface area contributed by atoms with Crippen LogP contribution in [0.5, 0.6) is 5.75 Å². The molecule has 39 heavy (non-hydrogen) atoms. The number of carboxylic acids is 1. The molecule has 1 aliphatic carbocycles. The van der Waals surface area contributed by atoms with Crippen molar-refractivity contribution < 1.29 is 50.1 Å². The van der Waals surface area contributed by atoms with Crippen LogP contribution >= 0.6 is 0 Å². The Kier molecular flexibility index (Phi) is 7.58. The van der Waals surface area contributed by atoms with Crippen LogP contribution in [0, 0.1) is 5.82 Å². The Morgan fingerprint density at radius 3 is 2.46 bits per heavy atom. The summed E-state index contributed by atoms with van der Waals surface area (Å²) < 4.78 is 93.3. The Morgan fingerprint density at radius 1 is 1.15 bits per heavy atom. The lowest BCUT2D eigenvalue weighted by atomic mass is 10.1. The number of anilines is 1. The number of halogens is 4. The third-order valence-corrected chi connectivity index (χ3v) is 8.36. The van der Waals surface area contributed by atoms with E-state index in [4.69, 9.17) is 9.84 Å². The van der Waals surface area contributed by atoms with Gasteiger partial charge in [-0.1, -0.05) is 12.1 Å². The van der Waals surface area contributed by atoms with Crippen molar-refractivity contribution >= 4 is 27.6 Å². The number of fused-ring (bicyclic) bond motifs is 1. The van der Waals surface area contributed by atoms with E-state index in [0.717, 1.165) is 34.8 Å². The van der Waals surface area contributed by atoms with Crippen LogP contribution in [0.25, 0.3) is 0 Å². The number of carbonyl (C=O) groups is 2. The van der Waals surface area contributed by atoms with Gasteiger partial charge in [-0.3, -0.25) is 13.9 Å². The molecule has 8 nitrogen and oxygen atoms in total. The smallest absolute Gasteiger partial charge is 0.427 e. The molecule has 0 bridgehead atoms. The first kappa shape index (κ1) is 28.7. The van der Waals surface area contributed by atoms with E-state index in [1.54, 1.807) is 6.07 Å². The Morgan fingerprint density at radius 2 is 1.85 bits per heavy atom. The van der Waals surface area contributed by atoms with Crippen LogP contribution in [0.2, 0.25) is 0 Å². The highest BCUT2D eigenvalue weighted by molar-refractivity contribution is 7.92. The summed E-state index contributed by atoms with van der Waals surface area (Å²) in [4.78, 5) is 23.3. The number of hydrogen-bond acceptors (Lipinski definition) is 6. The zero-order valence-corrected chi connectivity index (χ0v) is 21.9. The summed E-state index contributed by atoms with van der Waals surface area (Å²) in [6, 6.07) is 8.32. The zero-order chi connectivity index (χ0) is 28.8. The summed E-state index contributed by atoms with van der Waals surface area (Å²) in [7, 11) is -4.31. The van der Waals surface area contributed by atoms with E-state index in [0.29, 0.717) is 13.8 Å². The molecule has 2 aromatic carbocycles. The van der Waals surface area contributed by atoms with Crippen molar-refractivity contribution in [1.29, 1.82) is 0 Å². The normalized spacial score (nSPS) is 17.8. The van der Waals surface area contributed by atoms with Crippen LogP contribution in [0.1, 0.15) is 56.6 Å². The SMILES string of the molecule is CC(C)(OC(=O)Cc1cc(F)c2c(c1)N(S(=O)(=O)c1cccc(C3CC3)c1)C[C@H](CCC(=O)O)O2)C(F)(F)F. The van der Waals surface area contributed by atoms with Gasteiger partial charge in [0.2, 0.25) is 5.60 Å². The molecule has 0 aromatic heterocycles. The molecule has 212 valence electrons. The average molecular weight is 574 g/mol. The van der Waals surface area contributed by atoms with Crippen molar-refractivity contribution in [1.82, 2.24) is 0 Å². The maximum Gasteiger partial charge on any atom is 0.427 e. The van der Waals surface area contributed by atoms with Crippen molar-refractivity contribution in [3.05, 3.63) is 53.3 Å². The van der Waals surface area contributed by atoms with Gasteiger partial charge in [0.25, 0.3) is 10.0 Å². The van der Waals surface area contributed by atoms with Gasteiger partial charge >= 0.3 is 18.1 Å². The number of carbonyl (C=O) groups excluding carboxylic acids is 1. The minimum Gasteiger partial charge on any atom is -0.483 e. The predicted molar refractivity (Wildman–Crippen MR) is 131 cm³/mol. The van der Waals surface area contributed by atoms with Gasteiger partial charge in [0.15, 0.2) is 11.6 Å². The van der Waals surface area contributed by atoms with Crippen molar-refractivity contribution in [3.63, 3.8) is 0 Å². The van der Waals surface area contributed by atoms with Crippen LogP contribution in [-0.2, 0) is 30.8 Å². The van der Waals surface area contributed by atoms with E-state index in [9.17, 15) is 31.2 Å². The first-order valence-electron chi connectivity index (χ1n) is 12.2. The van der Waals surface area contributed by atoms with Gasteiger partial charge in [-0.2, -0.15) is 13.2 Å². The number of rotatable bonds is 9. The molecule has 13 heteroatoms. The fourth-order valence-electron chi connectivity index (χ4n) is 4.21. The van der Waals surface area contributed by atoms with E-state index in [2.05, 4.69) is 4.74 Å². The first-order valence-corrected chi connectivity index (χ1v) is 13.6. The maximum absolute atomic E-state index is 15.2. The van der Waals surface area contributed by atoms with Crippen LogP contribution in [0.3, 0.4) is 0 Å². The number of nitrogens with zero attached hydrogens (tertiary/aromatic N) is 1. The summed E-state index contributed by atoms with van der Waals surface area (Å²) in [6.45, 7) is 1.01. The molecule has 1 fully saturated rings. The minimum atomic E-state index is -4.84. The maximum atomic E-state index is 15.2. The molecular weight excluding hydrogens is 546 g/mol. The highest BCUT2D eigenvalue weighted by Crippen LogP contribution is 2.43. The highest BCUT2D eigenvalue weighted by Gasteiger charge is 2.50. The standard InChI is InChI=1S/C26H27F4NO7S/c1-25(2,26(28,29)30)38-23(34)12-15-10-20(27)24-21(11-15)31(14-18(37-24)8-9-22(32)33)39(35,36)19-5-3-4-17(13-19)16-6-7-16/h3-5,10-11,13,16,18H,6-9,12,14H2,1-2H3,(H,32,33)/t18-/m0/s1. The van der Waals surface area contributed by atoms with Gasteiger partial charge in [0, 0.05) is 6.42 Å². The van der Waals surface area contributed by atoms with E-state index in [1.807, 2.05) is 6.07 Å². The number of carboxylic acid groups (broad SMARTS) is 1. The zero-order valence-electron chi connectivity index (χ0n) is 21.1. The summed E-state index contributed by atoms with van der Waals surface area (Å²) >= 11 is 0. The Labute approximate surface area is 222 Å². The van der Waals surface area contributed by atoms with Crippen molar-refractivity contribution in [2.75, 3.05) is 10.8 Å². The number of benzene rings is 2. The molecule has 1 aliphatic heterocycles. The number of sulfonamides is 1. The molecule has 0 unspecified atom stereocenters. The van der Waals surface area contributed by atoms with Gasteiger partial charge in [0.05, 0.1) is 23.5 Å². The second kappa shape index (κ2) is 10.3. The Hall–Kier alpha value is -3.35. The fraction of sp³-hybridized carbons (Fsp3) is 0.462. The monoisotopic (exact) mass is 573 g/mol. The number of alkyl halides is 3. The van der Waals surface area contributed by atoms with Crippen LogP contribution in [0.4, 0.5) is 23.2 Å². The second-order valence-electron chi connectivity index (χ2n) is 10.1. The summed E-state index contributed by atoms with van der Waals surface area (Å²) in [5, 5.41) is 9.06. The van der Waals surface area contributed by atoms with Crippen molar-refractivity contribution in [2.24, 2.45) is 0 Å². The summed E-state index contributed by atoms with van der Waals surface area (Å²) in [5.74, 6) is -3.72. The number of esters is 1. The molecule has 0 spiro atoms. The summed E-state index contributed by atoms with van der Waals surface area (Å²) in [5.41, 5.74) is -2.34. The van der Waals surface area contributed by atoms with E-state index < -0.39 is 57.8 Å². The second-order valence-corrected chi connectivity index (χ2v) is 12.0. The summed E-state index contributed by atoms with van der Waals surface area (Å²) in [6.07, 6.45) is -5.21. The topological polar surface area (TPSA) is 110 Å². The molecule has 4 rings (SSSR count). The molecule has 1 saturated carbocycles. The Balaban J connectivity index is 1.70. The third-order valence-electron chi connectivity index (χ3n) is 6.58. The van der Waals surface area contributed by atoms with Crippen molar-refractivity contribution in [2.45, 2.75) is 74.6 Å². The number of aliphatic carboxylic acids is 1. The van der Waals surface area contributed by atoms with Gasteiger partial charge in [-0.05, 0) is 74.4 Å². The fourth-order valence-corrected chi connectivity index (χ4v) is 5.75. The first-order chi connectivity index (χ1) is 18.1. The van der Waals surface area contributed by atoms with Crippen LogP contribution in [0.15, 0.2) is 41.3 Å². The van der Waals surface area contributed by atoms with Gasteiger partial charge in [0.1, 0.15) is 6.10 Å². The van der Waals surface area contributed by atoms with Gasteiger partial charge in [-0.25, -0.2) is 12.8 Å². The molecular formula is C26H27F4NO7S. The van der Waals surface area contributed by atoms with E-state index in [-0.39, 0.29) is 41.5 Å². The van der Waals surface area contributed by atoms with Gasteiger partial charge < -0.3 is 14.6 Å². The van der Waals surface area contributed by atoms with Crippen LogP contribution in [-0.4, -0.2) is 49.9 Å². The molecule has 0 saturated heterocycles. The van der Waals surface area contributed by atoms with Crippen molar-refractivity contribution in [3.8, 4) is 5.75 Å². The lowest BCUT2D eigenvalue weighted by molar-refractivity contribution is -0.257.